The van der Waals surface area contributed by atoms with Crippen molar-refractivity contribution in [3.63, 3.8) is 0 Å². The highest BCUT2D eigenvalue weighted by Crippen LogP contribution is 2.26. The van der Waals surface area contributed by atoms with Gasteiger partial charge in [0.2, 0.25) is 5.91 Å². The highest BCUT2D eigenvalue weighted by Gasteiger charge is 2.30. The first-order chi connectivity index (χ1) is 11.7. The molecule has 1 aromatic carbocycles. The van der Waals surface area contributed by atoms with Crippen LogP contribution in [-0.2, 0) is 16.0 Å². The third kappa shape index (κ3) is 2.69. The zero-order valence-corrected chi connectivity index (χ0v) is 13.5. The van der Waals surface area contributed by atoms with Crippen LogP contribution in [0.15, 0.2) is 41.1 Å². The Bertz CT molecular complexity index is 854. The van der Waals surface area contributed by atoms with Crippen LogP contribution in [-0.4, -0.2) is 40.8 Å². The average molecular weight is 325 g/mol. The molecular formula is C18H19N3O3. The van der Waals surface area contributed by atoms with E-state index in [9.17, 15) is 4.79 Å². The monoisotopic (exact) mass is 325 g/mol. The standard InChI is InChI=1S/C18H19N3O3/c1-12-2-3-14-13(10-24-17(14)8-12)9-18(22)21-6-7-23-11-16(21)15-4-5-19-20-15/h2-5,8,10,16H,6-7,9,11H2,1H3,(H,19,20)/t16-/m0/s1. The molecular weight excluding hydrogens is 306 g/mol. The molecule has 0 aliphatic carbocycles. The van der Waals surface area contributed by atoms with Gasteiger partial charge in [0.15, 0.2) is 0 Å². The van der Waals surface area contributed by atoms with Gasteiger partial charge in [0.05, 0.1) is 37.6 Å². The maximum absolute atomic E-state index is 12.9. The third-order valence-corrected chi connectivity index (χ3v) is 4.48. The van der Waals surface area contributed by atoms with Crippen LogP contribution < -0.4 is 0 Å². The lowest BCUT2D eigenvalue weighted by atomic mass is 10.1. The summed E-state index contributed by atoms with van der Waals surface area (Å²) in [4.78, 5) is 14.7. The van der Waals surface area contributed by atoms with Crippen LogP contribution in [0, 0.1) is 6.92 Å². The number of aromatic amines is 1. The molecule has 4 rings (SSSR count). The van der Waals surface area contributed by atoms with Crippen molar-refractivity contribution in [2.24, 2.45) is 0 Å². The van der Waals surface area contributed by atoms with E-state index in [-0.39, 0.29) is 11.9 Å². The Hall–Kier alpha value is -2.60. The molecule has 6 heteroatoms. The molecule has 0 bridgehead atoms. The predicted molar refractivity (Wildman–Crippen MR) is 88.5 cm³/mol. The normalized spacial score (nSPS) is 18.2. The lowest BCUT2D eigenvalue weighted by Gasteiger charge is -2.35. The molecule has 1 N–H and O–H groups in total. The van der Waals surface area contributed by atoms with E-state index in [2.05, 4.69) is 10.2 Å². The Morgan fingerprint density at radius 3 is 3.17 bits per heavy atom. The zero-order valence-electron chi connectivity index (χ0n) is 13.5. The van der Waals surface area contributed by atoms with Gasteiger partial charge in [0, 0.05) is 23.7 Å². The number of aromatic nitrogens is 2. The summed E-state index contributed by atoms with van der Waals surface area (Å²) in [7, 11) is 0. The van der Waals surface area contributed by atoms with Gasteiger partial charge in [-0.2, -0.15) is 5.10 Å². The summed E-state index contributed by atoms with van der Waals surface area (Å²) < 4.78 is 11.2. The van der Waals surface area contributed by atoms with Gasteiger partial charge < -0.3 is 14.1 Å². The van der Waals surface area contributed by atoms with Gasteiger partial charge >= 0.3 is 0 Å². The van der Waals surface area contributed by atoms with Gasteiger partial charge in [0.25, 0.3) is 0 Å². The van der Waals surface area contributed by atoms with E-state index >= 15 is 0 Å². The number of amides is 1. The molecule has 0 radical (unpaired) electrons. The molecule has 1 aliphatic rings. The number of furan rings is 1. The summed E-state index contributed by atoms with van der Waals surface area (Å²) in [5, 5.41) is 7.93. The molecule has 124 valence electrons. The molecule has 0 saturated carbocycles. The predicted octanol–water partition coefficient (Wildman–Crippen LogP) is 2.61. The van der Waals surface area contributed by atoms with Crippen LogP contribution in [0.5, 0.6) is 0 Å². The van der Waals surface area contributed by atoms with Gasteiger partial charge in [-0.3, -0.25) is 9.89 Å². The average Bonchev–Trinajstić information content (AvgIpc) is 3.25. The Kier molecular flexibility index (Phi) is 3.82. The lowest BCUT2D eigenvalue weighted by molar-refractivity contribution is -0.139. The highest BCUT2D eigenvalue weighted by atomic mass is 16.5. The van der Waals surface area contributed by atoms with Crippen molar-refractivity contribution in [2.75, 3.05) is 19.8 Å². The van der Waals surface area contributed by atoms with Crippen molar-refractivity contribution in [3.8, 4) is 0 Å². The second-order valence-corrected chi connectivity index (χ2v) is 6.13. The summed E-state index contributed by atoms with van der Waals surface area (Å²) in [5.41, 5.74) is 3.78. The van der Waals surface area contributed by atoms with Crippen molar-refractivity contribution in [3.05, 3.63) is 53.5 Å². The van der Waals surface area contributed by atoms with Crippen LogP contribution in [0.4, 0.5) is 0 Å². The number of morpholine rings is 1. The fraction of sp³-hybridized carbons (Fsp3) is 0.333. The second-order valence-electron chi connectivity index (χ2n) is 6.13. The summed E-state index contributed by atoms with van der Waals surface area (Å²) in [6, 6.07) is 7.81. The molecule has 1 saturated heterocycles. The number of H-pyrrole nitrogens is 1. The Balaban J connectivity index is 1.57. The largest absolute Gasteiger partial charge is 0.464 e. The van der Waals surface area contributed by atoms with Crippen molar-refractivity contribution in [1.29, 1.82) is 0 Å². The zero-order chi connectivity index (χ0) is 16.5. The Labute approximate surface area is 139 Å². The van der Waals surface area contributed by atoms with E-state index in [1.807, 2.05) is 36.1 Å². The minimum atomic E-state index is -0.117. The van der Waals surface area contributed by atoms with Crippen molar-refractivity contribution in [1.82, 2.24) is 15.1 Å². The molecule has 2 aromatic heterocycles. The second kappa shape index (κ2) is 6.13. The number of nitrogens with one attached hydrogen (secondary N) is 1. The van der Waals surface area contributed by atoms with E-state index in [0.717, 1.165) is 27.8 Å². The smallest absolute Gasteiger partial charge is 0.227 e. The Morgan fingerprint density at radius 1 is 1.42 bits per heavy atom. The number of hydrogen-bond donors (Lipinski definition) is 1. The molecule has 6 nitrogen and oxygen atoms in total. The van der Waals surface area contributed by atoms with Gasteiger partial charge in [-0.25, -0.2) is 0 Å². The van der Waals surface area contributed by atoms with Gasteiger partial charge in [-0.1, -0.05) is 12.1 Å². The first kappa shape index (κ1) is 15.0. The number of rotatable bonds is 3. The van der Waals surface area contributed by atoms with Crippen LogP contribution in [0.25, 0.3) is 11.0 Å². The number of carbonyl (C=O) groups is 1. The molecule has 0 unspecified atom stereocenters. The molecule has 1 fully saturated rings. The molecule has 1 amide bonds. The summed E-state index contributed by atoms with van der Waals surface area (Å²) in [6.45, 7) is 3.65. The minimum absolute atomic E-state index is 0.0705. The van der Waals surface area contributed by atoms with E-state index in [0.29, 0.717) is 26.2 Å². The molecule has 1 aliphatic heterocycles. The van der Waals surface area contributed by atoms with E-state index < -0.39 is 0 Å². The topological polar surface area (TPSA) is 71.4 Å². The summed E-state index contributed by atoms with van der Waals surface area (Å²) in [6.07, 6.45) is 3.70. The summed E-state index contributed by atoms with van der Waals surface area (Å²) >= 11 is 0. The van der Waals surface area contributed by atoms with Crippen LogP contribution in [0.3, 0.4) is 0 Å². The first-order valence-corrected chi connectivity index (χ1v) is 8.05. The minimum Gasteiger partial charge on any atom is -0.464 e. The maximum atomic E-state index is 12.9. The van der Waals surface area contributed by atoms with Crippen LogP contribution >= 0.6 is 0 Å². The number of benzene rings is 1. The molecule has 1 atom stereocenters. The maximum Gasteiger partial charge on any atom is 0.227 e. The lowest BCUT2D eigenvalue weighted by Crippen LogP contribution is -2.44. The molecule has 3 aromatic rings. The quantitative estimate of drug-likeness (QED) is 0.803. The number of hydrogen-bond acceptors (Lipinski definition) is 4. The number of ether oxygens (including phenoxy) is 1. The molecule has 0 spiro atoms. The van der Waals surface area contributed by atoms with Gasteiger partial charge in [0.1, 0.15) is 5.58 Å². The summed E-state index contributed by atoms with van der Waals surface area (Å²) in [5.74, 6) is 0.0705. The van der Waals surface area contributed by atoms with Gasteiger partial charge in [-0.05, 0) is 24.6 Å². The first-order valence-electron chi connectivity index (χ1n) is 8.05. The Morgan fingerprint density at radius 2 is 2.33 bits per heavy atom. The van der Waals surface area contributed by atoms with E-state index in [1.54, 1.807) is 12.5 Å². The van der Waals surface area contributed by atoms with Crippen molar-refractivity contribution >= 4 is 16.9 Å². The van der Waals surface area contributed by atoms with Crippen molar-refractivity contribution < 1.29 is 13.9 Å². The number of aryl methyl sites for hydroxylation is 1. The van der Waals surface area contributed by atoms with E-state index in [1.165, 1.54) is 0 Å². The number of fused-ring (bicyclic) bond motifs is 1. The molecule has 3 heterocycles. The SMILES string of the molecule is Cc1ccc2c(CC(=O)N3CCOC[C@H]3c3ccn[nH]3)coc2c1. The molecule has 24 heavy (non-hydrogen) atoms. The van der Waals surface area contributed by atoms with Crippen LogP contribution in [0.2, 0.25) is 0 Å². The van der Waals surface area contributed by atoms with Gasteiger partial charge in [-0.15, -0.1) is 0 Å². The third-order valence-electron chi connectivity index (χ3n) is 4.48. The number of carbonyl (C=O) groups excluding carboxylic acids is 1. The van der Waals surface area contributed by atoms with E-state index in [4.69, 9.17) is 9.15 Å². The fourth-order valence-electron chi connectivity index (χ4n) is 3.20. The fourth-order valence-corrected chi connectivity index (χ4v) is 3.20. The van der Waals surface area contributed by atoms with Crippen molar-refractivity contribution in [2.45, 2.75) is 19.4 Å². The number of nitrogens with zero attached hydrogens (tertiary/aromatic N) is 2. The highest BCUT2D eigenvalue weighted by molar-refractivity contribution is 5.88. The van der Waals surface area contributed by atoms with Crippen LogP contribution in [0.1, 0.15) is 22.9 Å².